The van der Waals surface area contributed by atoms with Crippen LogP contribution in [0.3, 0.4) is 0 Å². The van der Waals surface area contributed by atoms with E-state index in [4.69, 9.17) is 9.47 Å². The molecule has 2 rings (SSSR count). The smallest absolute Gasteiger partial charge is 0.325 e. The molecule has 0 spiro atoms. The molecule has 1 aliphatic rings. The topological polar surface area (TPSA) is 102 Å². The standard InChI is InChI=1S/C19H28N2O6S/c1-14-7-9-16(10-8-14)28(24,25)21-12-5-4-6-17(21)19(23)27-15(2)18(22)20-11-13-26-3/h7-10,15,17H,4-6,11-13H2,1-3H3,(H,20,22)/t15-,17+/m0/s1. The van der Waals surface area contributed by atoms with E-state index in [0.717, 1.165) is 5.56 Å². The number of nitrogens with zero attached hydrogens (tertiary/aromatic N) is 1. The molecule has 0 aliphatic carbocycles. The highest BCUT2D eigenvalue weighted by molar-refractivity contribution is 7.89. The molecule has 156 valence electrons. The highest BCUT2D eigenvalue weighted by atomic mass is 32.2. The van der Waals surface area contributed by atoms with E-state index in [0.29, 0.717) is 32.4 Å². The molecule has 1 fully saturated rings. The van der Waals surface area contributed by atoms with Gasteiger partial charge in [0.05, 0.1) is 11.5 Å². The molecule has 9 heteroatoms. The zero-order valence-electron chi connectivity index (χ0n) is 16.5. The van der Waals surface area contributed by atoms with Crippen LogP contribution in [0.4, 0.5) is 0 Å². The van der Waals surface area contributed by atoms with Crippen molar-refractivity contribution in [3.05, 3.63) is 29.8 Å². The lowest BCUT2D eigenvalue weighted by Crippen LogP contribution is -2.50. The summed E-state index contributed by atoms with van der Waals surface area (Å²) in [6.07, 6.45) is 0.730. The Kier molecular flexibility index (Phi) is 7.97. The Morgan fingerprint density at radius 2 is 1.93 bits per heavy atom. The lowest BCUT2D eigenvalue weighted by Gasteiger charge is -2.33. The summed E-state index contributed by atoms with van der Waals surface area (Å²) in [5.74, 6) is -1.15. The van der Waals surface area contributed by atoms with Crippen molar-refractivity contribution in [2.24, 2.45) is 0 Å². The molecule has 0 saturated carbocycles. The molecule has 1 aliphatic heterocycles. The third-order valence-corrected chi connectivity index (χ3v) is 6.54. The number of benzene rings is 1. The Morgan fingerprint density at radius 1 is 1.25 bits per heavy atom. The van der Waals surface area contributed by atoms with Crippen molar-refractivity contribution in [2.45, 2.75) is 50.2 Å². The fraction of sp³-hybridized carbons (Fsp3) is 0.579. The van der Waals surface area contributed by atoms with Crippen molar-refractivity contribution in [3.63, 3.8) is 0 Å². The predicted octanol–water partition coefficient (Wildman–Crippen LogP) is 1.23. The van der Waals surface area contributed by atoms with Crippen molar-refractivity contribution >= 4 is 21.9 Å². The Hall–Kier alpha value is -1.97. The van der Waals surface area contributed by atoms with Crippen LogP contribution in [0.1, 0.15) is 31.7 Å². The molecule has 0 unspecified atom stereocenters. The van der Waals surface area contributed by atoms with Crippen LogP contribution in [0.25, 0.3) is 0 Å². The average molecular weight is 413 g/mol. The number of ether oxygens (including phenoxy) is 2. The predicted molar refractivity (Wildman–Crippen MR) is 103 cm³/mol. The molecular formula is C19H28N2O6S. The van der Waals surface area contributed by atoms with Crippen LogP contribution in [0, 0.1) is 6.92 Å². The highest BCUT2D eigenvalue weighted by Gasteiger charge is 2.39. The highest BCUT2D eigenvalue weighted by Crippen LogP contribution is 2.26. The summed E-state index contributed by atoms with van der Waals surface area (Å²) in [6, 6.07) is 5.57. The van der Waals surface area contributed by atoms with Crippen molar-refractivity contribution in [1.29, 1.82) is 0 Å². The third kappa shape index (κ3) is 5.52. The third-order valence-electron chi connectivity index (χ3n) is 4.62. The minimum absolute atomic E-state index is 0.142. The fourth-order valence-electron chi connectivity index (χ4n) is 3.00. The van der Waals surface area contributed by atoms with Crippen LogP contribution in [0.2, 0.25) is 0 Å². The zero-order chi connectivity index (χ0) is 20.7. The summed E-state index contributed by atoms with van der Waals surface area (Å²) >= 11 is 0. The van der Waals surface area contributed by atoms with Gasteiger partial charge in [0, 0.05) is 20.2 Å². The minimum atomic E-state index is -3.83. The molecule has 1 amide bonds. The number of hydrogen-bond donors (Lipinski definition) is 1. The SMILES string of the molecule is COCCNC(=O)[C@H](C)OC(=O)[C@H]1CCCCN1S(=O)(=O)c1ccc(C)cc1. The first-order valence-corrected chi connectivity index (χ1v) is 10.8. The fourth-order valence-corrected chi connectivity index (χ4v) is 4.65. The Morgan fingerprint density at radius 3 is 2.57 bits per heavy atom. The molecule has 1 N–H and O–H groups in total. The van der Waals surface area contributed by atoms with Crippen LogP contribution in [-0.4, -0.2) is 63.6 Å². The molecule has 0 bridgehead atoms. The maximum absolute atomic E-state index is 13.0. The maximum atomic E-state index is 13.0. The lowest BCUT2D eigenvalue weighted by molar-refractivity contribution is -0.159. The van der Waals surface area contributed by atoms with Crippen LogP contribution in [-0.2, 0) is 29.1 Å². The molecule has 1 aromatic rings. The van der Waals surface area contributed by atoms with Gasteiger partial charge in [-0.2, -0.15) is 4.31 Å². The molecule has 1 aromatic carbocycles. The number of carbonyl (C=O) groups is 2. The van der Waals surface area contributed by atoms with E-state index in [-0.39, 0.29) is 11.4 Å². The molecule has 0 radical (unpaired) electrons. The second kappa shape index (κ2) is 9.99. The van der Waals surface area contributed by atoms with E-state index in [9.17, 15) is 18.0 Å². The summed E-state index contributed by atoms with van der Waals surface area (Å²) in [5, 5.41) is 2.59. The van der Waals surface area contributed by atoms with Gasteiger partial charge in [0.15, 0.2) is 6.10 Å². The first-order valence-electron chi connectivity index (χ1n) is 9.33. The van der Waals surface area contributed by atoms with Gasteiger partial charge >= 0.3 is 5.97 Å². The average Bonchev–Trinajstić information content (AvgIpc) is 2.68. The second-order valence-electron chi connectivity index (χ2n) is 6.80. The number of aryl methyl sites for hydroxylation is 1. The zero-order valence-corrected chi connectivity index (χ0v) is 17.3. The minimum Gasteiger partial charge on any atom is -0.451 e. The summed E-state index contributed by atoms with van der Waals surface area (Å²) in [6.45, 7) is 4.22. The number of rotatable bonds is 8. The van der Waals surface area contributed by atoms with Gasteiger partial charge in [-0.3, -0.25) is 9.59 Å². The van der Waals surface area contributed by atoms with E-state index in [1.807, 2.05) is 6.92 Å². The van der Waals surface area contributed by atoms with Gasteiger partial charge in [0.25, 0.3) is 5.91 Å². The number of nitrogens with one attached hydrogen (secondary N) is 1. The van der Waals surface area contributed by atoms with Gasteiger partial charge in [-0.05, 0) is 45.2 Å². The molecule has 28 heavy (non-hydrogen) atoms. The van der Waals surface area contributed by atoms with E-state index in [1.165, 1.54) is 30.5 Å². The van der Waals surface area contributed by atoms with Gasteiger partial charge in [-0.15, -0.1) is 0 Å². The second-order valence-corrected chi connectivity index (χ2v) is 8.69. The molecule has 1 heterocycles. The summed E-state index contributed by atoms with van der Waals surface area (Å²) in [5.41, 5.74) is 0.946. The number of esters is 1. The maximum Gasteiger partial charge on any atom is 0.325 e. The van der Waals surface area contributed by atoms with Crippen LogP contribution in [0.15, 0.2) is 29.2 Å². The van der Waals surface area contributed by atoms with Crippen molar-refractivity contribution < 1.29 is 27.5 Å². The summed E-state index contributed by atoms with van der Waals surface area (Å²) < 4.78 is 37.4. The van der Waals surface area contributed by atoms with Crippen molar-refractivity contribution in [1.82, 2.24) is 9.62 Å². The number of sulfonamides is 1. The van der Waals surface area contributed by atoms with E-state index in [1.54, 1.807) is 12.1 Å². The largest absolute Gasteiger partial charge is 0.451 e. The van der Waals surface area contributed by atoms with Crippen molar-refractivity contribution in [3.8, 4) is 0 Å². The van der Waals surface area contributed by atoms with Crippen LogP contribution < -0.4 is 5.32 Å². The number of hydrogen-bond acceptors (Lipinski definition) is 6. The monoisotopic (exact) mass is 412 g/mol. The van der Waals surface area contributed by atoms with Crippen LogP contribution in [0.5, 0.6) is 0 Å². The number of methoxy groups -OCH3 is 1. The summed E-state index contributed by atoms with van der Waals surface area (Å²) in [7, 11) is -2.32. The van der Waals surface area contributed by atoms with Crippen LogP contribution >= 0.6 is 0 Å². The Balaban J connectivity index is 2.10. The molecular weight excluding hydrogens is 384 g/mol. The number of carbonyl (C=O) groups excluding carboxylic acids is 2. The normalized spacial score (nSPS) is 19.0. The van der Waals surface area contributed by atoms with Gasteiger partial charge < -0.3 is 14.8 Å². The Labute approximate surface area is 166 Å². The number of amides is 1. The molecule has 1 saturated heterocycles. The van der Waals surface area contributed by atoms with Crippen molar-refractivity contribution in [2.75, 3.05) is 26.8 Å². The quantitative estimate of drug-likeness (QED) is 0.509. The molecule has 2 atom stereocenters. The first-order chi connectivity index (χ1) is 13.3. The van der Waals surface area contributed by atoms with Gasteiger partial charge in [0.1, 0.15) is 6.04 Å². The van der Waals surface area contributed by atoms with Gasteiger partial charge in [-0.25, -0.2) is 8.42 Å². The van der Waals surface area contributed by atoms with E-state index >= 15 is 0 Å². The van der Waals surface area contributed by atoms with E-state index in [2.05, 4.69) is 5.32 Å². The van der Waals surface area contributed by atoms with Gasteiger partial charge in [0.2, 0.25) is 10.0 Å². The number of piperidine rings is 1. The van der Waals surface area contributed by atoms with Gasteiger partial charge in [-0.1, -0.05) is 17.7 Å². The van der Waals surface area contributed by atoms with E-state index < -0.39 is 34.0 Å². The summed E-state index contributed by atoms with van der Waals surface area (Å²) in [4.78, 5) is 24.8. The molecule has 0 aromatic heterocycles. The lowest BCUT2D eigenvalue weighted by atomic mass is 10.1. The first kappa shape index (κ1) is 22.3. The molecule has 8 nitrogen and oxygen atoms in total. The Bertz CT molecular complexity index is 778.